The fourth-order valence-corrected chi connectivity index (χ4v) is 3.15. The summed E-state index contributed by atoms with van der Waals surface area (Å²) >= 11 is 0. The number of hydrogen-bond donors (Lipinski definition) is 2. The van der Waals surface area contributed by atoms with Crippen LogP contribution in [0.5, 0.6) is 5.75 Å². The fourth-order valence-electron chi connectivity index (χ4n) is 3.15. The topological polar surface area (TPSA) is 106 Å². The molecule has 2 N–H and O–H groups in total. The minimum Gasteiger partial charge on any atom is -0.494 e. The molecule has 8 heteroatoms. The van der Waals surface area contributed by atoms with Crippen molar-refractivity contribution in [3.05, 3.63) is 101 Å². The standard InChI is InChI=1S/C24H20N6O2/c1-32-23-16-17(19-8-5-14-26-28-19)9-10-21(23)30-15-12-22(31)24(29-30)20(11-13-25)27-18-6-3-2-4-7-18/h2-16,25,27H,1H3/b20-11-,25-13?. The van der Waals surface area contributed by atoms with Crippen molar-refractivity contribution in [3.63, 3.8) is 0 Å². The number of para-hydroxylation sites is 1. The van der Waals surface area contributed by atoms with E-state index in [1.807, 2.05) is 60.7 Å². The normalized spacial score (nSPS) is 11.1. The number of allylic oxidation sites excluding steroid dienone is 1. The number of nitrogens with zero attached hydrogens (tertiary/aromatic N) is 4. The Kier molecular flexibility index (Phi) is 6.12. The summed E-state index contributed by atoms with van der Waals surface area (Å²) in [4.78, 5) is 12.6. The molecule has 0 atom stereocenters. The molecule has 0 aliphatic rings. The zero-order valence-electron chi connectivity index (χ0n) is 17.3. The summed E-state index contributed by atoms with van der Waals surface area (Å²) < 4.78 is 7.15. The number of methoxy groups -OCH3 is 1. The highest BCUT2D eigenvalue weighted by molar-refractivity contribution is 5.86. The predicted octanol–water partition coefficient (Wildman–Crippen LogP) is 3.80. The summed E-state index contributed by atoms with van der Waals surface area (Å²) in [5.41, 5.74) is 3.32. The van der Waals surface area contributed by atoms with Crippen molar-refractivity contribution in [2.45, 2.75) is 0 Å². The van der Waals surface area contributed by atoms with Crippen molar-refractivity contribution in [2.24, 2.45) is 0 Å². The maximum Gasteiger partial charge on any atom is 0.209 e. The lowest BCUT2D eigenvalue weighted by Crippen LogP contribution is -2.18. The van der Waals surface area contributed by atoms with Crippen LogP contribution in [0.2, 0.25) is 0 Å². The first kappa shape index (κ1) is 20.7. The maximum absolute atomic E-state index is 12.6. The van der Waals surface area contributed by atoms with Crippen LogP contribution in [0.3, 0.4) is 0 Å². The predicted molar refractivity (Wildman–Crippen MR) is 124 cm³/mol. The first-order chi connectivity index (χ1) is 15.7. The molecule has 8 nitrogen and oxygen atoms in total. The molecule has 2 aromatic carbocycles. The van der Waals surface area contributed by atoms with Gasteiger partial charge in [0.05, 0.1) is 18.5 Å². The minimum atomic E-state index is -0.270. The van der Waals surface area contributed by atoms with Gasteiger partial charge in [0.1, 0.15) is 11.4 Å². The van der Waals surface area contributed by atoms with Crippen molar-refractivity contribution >= 4 is 17.6 Å². The summed E-state index contributed by atoms with van der Waals surface area (Å²) in [5.74, 6) is 0.559. The third-order valence-corrected chi connectivity index (χ3v) is 4.66. The van der Waals surface area contributed by atoms with E-state index in [4.69, 9.17) is 10.1 Å². The number of ether oxygens (including phenoxy) is 1. The lowest BCUT2D eigenvalue weighted by molar-refractivity contribution is 0.411. The smallest absolute Gasteiger partial charge is 0.209 e. The number of rotatable bonds is 7. The highest BCUT2D eigenvalue weighted by atomic mass is 16.5. The largest absolute Gasteiger partial charge is 0.494 e. The van der Waals surface area contributed by atoms with Gasteiger partial charge in [-0.1, -0.05) is 24.3 Å². The van der Waals surface area contributed by atoms with Gasteiger partial charge in [0.25, 0.3) is 0 Å². The van der Waals surface area contributed by atoms with E-state index in [0.717, 1.165) is 17.5 Å². The monoisotopic (exact) mass is 424 g/mol. The van der Waals surface area contributed by atoms with E-state index in [-0.39, 0.29) is 11.1 Å². The van der Waals surface area contributed by atoms with Crippen molar-refractivity contribution in [2.75, 3.05) is 12.4 Å². The first-order valence-electron chi connectivity index (χ1n) is 9.79. The van der Waals surface area contributed by atoms with Crippen LogP contribution in [0.25, 0.3) is 22.6 Å². The summed E-state index contributed by atoms with van der Waals surface area (Å²) in [6, 6.07) is 20.1. The quantitative estimate of drug-likeness (QED) is 0.437. The summed E-state index contributed by atoms with van der Waals surface area (Å²) in [5, 5.41) is 23.2. The number of benzene rings is 2. The summed E-state index contributed by atoms with van der Waals surface area (Å²) in [6.45, 7) is 0. The molecule has 0 saturated heterocycles. The van der Waals surface area contributed by atoms with E-state index < -0.39 is 0 Å². The first-order valence-corrected chi connectivity index (χ1v) is 9.79. The third kappa shape index (κ3) is 4.44. The molecule has 2 heterocycles. The van der Waals surface area contributed by atoms with Gasteiger partial charge in [0.15, 0.2) is 5.69 Å². The van der Waals surface area contributed by atoms with Crippen LogP contribution in [0.15, 0.2) is 90.0 Å². The van der Waals surface area contributed by atoms with Crippen LogP contribution in [-0.2, 0) is 0 Å². The van der Waals surface area contributed by atoms with Gasteiger partial charge in [0.2, 0.25) is 5.43 Å². The second kappa shape index (κ2) is 9.48. The molecule has 0 unspecified atom stereocenters. The zero-order chi connectivity index (χ0) is 22.3. The lowest BCUT2D eigenvalue weighted by atomic mass is 10.1. The average Bonchev–Trinajstić information content (AvgIpc) is 2.85. The molecule has 0 bridgehead atoms. The van der Waals surface area contributed by atoms with Crippen LogP contribution in [-0.4, -0.2) is 33.3 Å². The Morgan fingerprint density at radius 2 is 1.94 bits per heavy atom. The average molecular weight is 424 g/mol. The van der Waals surface area contributed by atoms with Gasteiger partial charge in [-0.05, 0) is 42.5 Å². The van der Waals surface area contributed by atoms with Crippen molar-refractivity contribution in [1.29, 1.82) is 5.41 Å². The summed E-state index contributed by atoms with van der Waals surface area (Å²) in [7, 11) is 1.57. The van der Waals surface area contributed by atoms with Gasteiger partial charge >= 0.3 is 0 Å². The van der Waals surface area contributed by atoms with Crippen LogP contribution in [0.1, 0.15) is 5.69 Å². The molecule has 0 aliphatic carbocycles. The molecule has 2 aromatic heterocycles. The van der Waals surface area contributed by atoms with Gasteiger partial charge in [-0.15, -0.1) is 0 Å². The van der Waals surface area contributed by atoms with Gasteiger partial charge in [0, 0.05) is 35.9 Å². The zero-order valence-corrected chi connectivity index (χ0v) is 17.3. The Balaban J connectivity index is 1.76. The van der Waals surface area contributed by atoms with E-state index in [1.165, 1.54) is 12.1 Å². The van der Waals surface area contributed by atoms with E-state index in [9.17, 15) is 4.79 Å². The molecule has 32 heavy (non-hydrogen) atoms. The Bertz CT molecular complexity index is 1320. The lowest BCUT2D eigenvalue weighted by Gasteiger charge is -2.14. The van der Waals surface area contributed by atoms with Crippen molar-refractivity contribution < 1.29 is 4.74 Å². The minimum absolute atomic E-state index is 0.180. The highest BCUT2D eigenvalue weighted by Crippen LogP contribution is 2.28. The molecule has 0 saturated carbocycles. The fraction of sp³-hybridized carbons (Fsp3) is 0.0417. The van der Waals surface area contributed by atoms with Crippen LogP contribution >= 0.6 is 0 Å². The highest BCUT2D eigenvalue weighted by Gasteiger charge is 2.13. The molecular formula is C24H20N6O2. The maximum atomic E-state index is 12.6. The van der Waals surface area contributed by atoms with Crippen molar-refractivity contribution in [3.8, 4) is 22.7 Å². The van der Waals surface area contributed by atoms with Gasteiger partial charge in [-0.3, -0.25) is 4.79 Å². The number of aromatic nitrogens is 4. The van der Waals surface area contributed by atoms with Gasteiger partial charge < -0.3 is 15.5 Å². The molecule has 4 rings (SSSR count). The van der Waals surface area contributed by atoms with E-state index in [2.05, 4.69) is 20.6 Å². The molecule has 0 amide bonds. The molecule has 158 valence electrons. The van der Waals surface area contributed by atoms with E-state index >= 15 is 0 Å². The van der Waals surface area contributed by atoms with Gasteiger partial charge in [-0.2, -0.15) is 15.3 Å². The molecule has 0 fully saturated rings. The summed E-state index contributed by atoms with van der Waals surface area (Å²) in [6.07, 6.45) is 5.80. The van der Waals surface area contributed by atoms with Crippen LogP contribution < -0.4 is 15.5 Å². The Labute approximate surface area is 184 Å². The number of nitrogens with one attached hydrogen (secondary N) is 2. The van der Waals surface area contributed by atoms with Gasteiger partial charge in [-0.25, -0.2) is 4.68 Å². The second-order valence-corrected chi connectivity index (χ2v) is 6.71. The van der Waals surface area contributed by atoms with Crippen LogP contribution in [0.4, 0.5) is 5.69 Å². The number of hydrogen-bond acceptors (Lipinski definition) is 7. The van der Waals surface area contributed by atoms with Crippen LogP contribution in [0, 0.1) is 5.41 Å². The molecule has 4 aromatic rings. The third-order valence-electron chi connectivity index (χ3n) is 4.66. The molecular weight excluding hydrogens is 404 g/mol. The Hall–Kier alpha value is -4.59. The number of anilines is 1. The Morgan fingerprint density at radius 1 is 1.09 bits per heavy atom. The van der Waals surface area contributed by atoms with E-state index in [0.29, 0.717) is 22.8 Å². The van der Waals surface area contributed by atoms with E-state index in [1.54, 1.807) is 24.2 Å². The SMILES string of the molecule is COc1cc(-c2cccnn2)ccc1-n1ccc(=O)c(/C(=C/C=N)Nc2ccccc2)n1. The Morgan fingerprint density at radius 3 is 2.66 bits per heavy atom. The molecule has 0 aliphatic heterocycles. The second-order valence-electron chi connectivity index (χ2n) is 6.71. The molecule has 0 radical (unpaired) electrons. The van der Waals surface area contributed by atoms with Crippen molar-refractivity contribution in [1.82, 2.24) is 20.0 Å². The molecule has 0 spiro atoms.